The van der Waals surface area contributed by atoms with E-state index in [4.69, 9.17) is 0 Å². The average molecular weight is 262 g/mol. The maximum atomic E-state index is 11.8. The minimum atomic E-state index is -4.27. The fourth-order valence-corrected chi connectivity index (χ4v) is 1.70. The van der Waals surface area contributed by atoms with Crippen LogP contribution in [0.25, 0.3) is 0 Å². The average Bonchev–Trinajstić information content (AvgIpc) is 1.99. The lowest BCUT2D eigenvalue weighted by atomic mass is 10.0. The number of hydrogen-bond acceptors (Lipinski definition) is 3. The monoisotopic (exact) mass is 262 g/mol. The summed E-state index contributed by atoms with van der Waals surface area (Å²) in [5.74, 6) is 0. The van der Waals surface area contributed by atoms with Crippen molar-refractivity contribution in [3.8, 4) is 0 Å². The van der Waals surface area contributed by atoms with Crippen LogP contribution in [0.4, 0.5) is 13.2 Å². The van der Waals surface area contributed by atoms with Crippen LogP contribution in [-0.4, -0.2) is 36.8 Å². The Balaban J connectivity index is 4.33. The second kappa shape index (κ2) is 4.91. The first-order chi connectivity index (χ1) is 6.88. The van der Waals surface area contributed by atoms with E-state index in [-0.39, 0.29) is 12.8 Å². The van der Waals surface area contributed by atoms with Crippen LogP contribution in [0.1, 0.15) is 33.1 Å². The maximum absolute atomic E-state index is 11.8. The molecule has 0 aromatic rings. The zero-order valence-electron chi connectivity index (χ0n) is 9.50. The number of sulfone groups is 1. The van der Waals surface area contributed by atoms with Gasteiger partial charge in [0.1, 0.15) is 0 Å². The van der Waals surface area contributed by atoms with Crippen molar-refractivity contribution in [1.29, 1.82) is 0 Å². The van der Waals surface area contributed by atoms with Crippen LogP contribution in [-0.2, 0) is 9.84 Å². The fraction of sp³-hybridized carbons (Fsp3) is 1.00. The molecule has 1 atom stereocenters. The summed E-state index contributed by atoms with van der Waals surface area (Å²) in [6, 6.07) is 0. The van der Waals surface area contributed by atoms with E-state index >= 15 is 0 Å². The number of aliphatic hydroxyl groups is 1. The predicted molar refractivity (Wildman–Crippen MR) is 54.8 cm³/mol. The molecule has 1 unspecified atom stereocenters. The Bertz CT molecular complexity index is 319. The lowest BCUT2D eigenvalue weighted by molar-refractivity contribution is -0.136. The van der Waals surface area contributed by atoms with Gasteiger partial charge in [0, 0.05) is 12.7 Å². The van der Waals surface area contributed by atoms with Gasteiger partial charge in [0.15, 0.2) is 9.84 Å². The molecule has 0 saturated heterocycles. The van der Waals surface area contributed by atoms with Crippen molar-refractivity contribution >= 4 is 9.84 Å². The van der Waals surface area contributed by atoms with Gasteiger partial charge in [-0.3, -0.25) is 0 Å². The summed E-state index contributed by atoms with van der Waals surface area (Å²) in [7, 11) is -3.50. The van der Waals surface area contributed by atoms with Crippen molar-refractivity contribution in [3.05, 3.63) is 0 Å². The van der Waals surface area contributed by atoms with Crippen LogP contribution in [0, 0.1) is 0 Å². The van der Waals surface area contributed by atoms with Crippen LogP contribution in [0.5, 0.6) is 0 Å². The Kier molecular flexibility index (Phi) is 4.82. The van der Waals surface area contributed by atoms with E-state index in [1.165, 1.54) is 13.8 Å². The number of halogens is 3. The zero-order valence-corrected chi connectivity index (χ0v) is 10.3. The summed E-state index contributed by atoms with van der Waals surface area (Å²) in [5.41, 5.74) is 0. The van der Waals surface area contributed by atoms with E-state index in [0.29, 0.717) is 0 Å². The molecular weight excluding hydrogens is 245 g/mol. The smallest absolute Gasteiger partial charge is 0.389 e. The second-order valence-electron chi connectivity index (χ2n) is 4.40. The lowest BCUT2D eigenvalue weighted by Crippen LogP contribution is -2.43. The van der Waals surface area contributed by atoms with Gasteiger partial charge in [-0.25, -0.2) is 8.42 Å². The number of aliphatic hydroxyl groups excluding tert-OH is 1. The van der Waals surface area contributed by atoms with E-state index in [2.05, 4.69) is 0 Å². The molecule has 0 aliphatic carbocycles. The molecule has 0 rings (SSSR count). The highest BCUT2D eigenvalue weighted by atomic mass is 32.2. The van der Waals surface area contributed by atoms with Gasteiger partial charge in [0.05, 0.1) is 10.9 Å². The molecule has 0 aliphatic rings. The topological polar surface area (TPSA) is 54.4 Å². The Morgan fingerprint density at radius 2 is 1.69 bits per heavy atom. The van der Waals surface area contributed by atoms with E-state index < -0.39 is 33.3 Å². The number of rotatable bonds is 5. The maximum Gasteiger partial charge on any atom is 0.389 e. The number of alkyl halides is 3. The molecule has 0 fully saturated rings. The molecule has 0 aliphatic heterocycles. The summed E-state index contributed by atoms with van der Waals surface area (Å²) in [6.45, 7) is 2.61. The molecule has 0 radical (unpaired) electrons. The molecule has 0 amide bonds. The van der Waals surface area contributed by atoms with Crippen molar-refractivity contribution in [1.82, 2.24) is 0 Å². The molecule has 0 spiro atoms. The quantitative estimate of drug-likeness (QED) is 0.823. The summed E-state index contributed by atoms with van der Waals surface area (Å²) in [6.07, 6.45) is -6.06. The fourth-order valence-electron chi connectivity index (χ4n) is 1.09. The largest absolute Gasteiger partial charge is 0.392 e. The molecule has 1 N–H and O–H groups in total. The van der Waals surface area contributed by atoms with E-state index in [1.54, 1.807) is 0 Å². The highest BCUT2D eigenvalue weighted by Crippen LogP contribution is 2.27. The predicted octanol–water partition coefficient (Wildman–Crippen LogP) is 1.90. The standard InChI is InChI=1S/C9H17F3O3S/c1-8(2,16(3,14)15)7(13)5-4-6-9(10,11)12/h7,13H,4-6H2,1-3H3. The third-order valence-corrected chi connectivity index (χ3v) is 4.88. The minimum absolute atomic E-state index is 0.181. The lowest BCUT2D eigenvalue weighted by Gasteiger charge is -2.28. The van der Waals surface area contributed by atoms with Crippen molar-refractivity contribution in [3.63, 3.8) is 0 Å². The van der Waals surface area contributed by atoms with Gasteiger partial charge >= 0.3 is 6.18 Å². The van der Waals surface area contributed by atoms with Gasteiger partial charge in [-0.15, -0.1) is 0 Å². The highest BCUT2D eigenvalue weighted by molar-refractivity contribution is 7.92. The summed E-state index contributed by atoms with van der Waals surface area (Å²) in [4.78, 5) is 0. The zero-order chi connectivity index (χ0) is 13.2. The Labute approximate surface area is 93.6 Å². The molecular formula is C9H17F3O3S. The molecule has 0 saturated carbocycles. The van der Waals surface area contributed by atoms with E-state index in [9.17, 15) is 26.7 Å². The molecule has 7 heteroatoms. The molecule has 3 nitrogen and oxygen atoms in total. The summed E-state index contributed by atoms with van der Waals surface area (Å²) >= 11 is 0. The van der Waals surface area contributed by atoms with E-state index in [0.717, 1.165) is 6.26 Å². The third-order valence-electron chi connectivity index (χ3n) is 2.70. The van der Waals surface area contributed by atoms with Crippen LogP contribution in [0.15, 0.2) is 0 Å². The van der Waals surface area contributed by atoms with Crippen molar-refractivity contribution < 1.29 is 26.7 Å². The van der Waals surface area contributed by atoms with Crippen molar-refractivity contribution in [2.24, 2.45) is 0 Å². The second-order valence-corrected chi connectivity index (χ2v) is 7.00. The number of hydrogen-bond donors (Lipinski definition) is 1. The van der Waals surface area contributed by atoms with Crippen molar-refractivity contribution in [2.45, 2.75) is 50.1 Å². The van der Waals surface area contributed by atoms with Crippen molar-refractivity contribution in [2.75, 3.05) is 6.26 Å². The van der Waals surface area contributed by atoms with Crippen LogP contribution in [0.3, 0.4) is 0 Å². The van der Waals surface area contributed by atoms with E-state index in [1.807, 2.05) is 0 Å². The summed E-state index contributed by atoms with van der Waals surface area (Å²) < 4.78 is 56.6. The van der Waals surface area contributed by atoms with Gasteiger partial charge in [0.2, 0.25) is 0 Å². The normalized spacial score (nSPS) is 16.2. The highest BCUT2D eigenvalue weighted by Gasteiger charge is 2.38. The molecule has 98 valence electrons. The first kappa shape index (κ1) is 15.7. The van der Waals surface area contributed by atoms with Crippen LogP contribution >= 0.6 is 0 Å². The Morgan fingerprint density at radius 3 is 2.00 bits per heavy atom. The molecule has 0 aromatic carbocycles. The van der Waals surface area contributed by atoms with Crippen LogP contribution in [0.2, 0.25) is 0 Å². The van der Waals surface area contributed by atoms with Crippen LogP contribution < -0.4 is 0 Å². The first-order valence-electron chi connectivity index (χ1n) is 4.82. The summed E-state index contributed by atoms with van der Waals surface area (Å²) in [5, 5.41) is 9.56. The molecule has 0 aromatic heterocycles. The van der Waals surface area contributed by atoms with Gasteiger partial charge in [-0.1, -0.05) is 0 Å². The first-order valence-corrected chi connectivity index (χ1v) is 6.71. The minimum Gasteiger partial charge on any atom is -0.392 e. The SMILES string of the molecule is CC(C)(C(O)CCCC(F)(F)F)S(C)(=O)=O. The Hall–Kier alpha value is -0.300. The third kappa shape index (κ3) is 4.69. The van der Waals surface area contributed by atoms with Gasteiger partial charge in [-0.05, 0) is 26.7 Å². The molecule has 0 heterocycles. The van der Waals surface area contributed by atoms with Gasteiger partial charge < -0.3 is 5.11 Å². The Morgan fingerprint density at radius 1 is 1.25 bits per heavy atom. The van der Waals surface area contributed by atoms with Gasteiger partial charge in [0.25, 0.3) is 0 Å². The molecule has 0 bridgehead atoms. The van der Waals surface area contributed by atoms with Gasteiger partial charge in [-0.2, -0.15) is 13.2 Å². The molecule has 16 heavy (non-hydrogen) atoms.